The van der Waals surface area contributed by atoms with Crippen molar-refractivity contribution in [1.82, 2.24) is 10.2 Å². The van der Waals surface area contributed by atoms with Crippen LogP contribution in [0.15, 0.2) is 4.42 Å². The highest BCUT2D eigenvalue weighted by molar-refractivity contribution is 5.16. The molecule has 0 bridgehead atoms. The van der Waals surface area contributed by atoms with E-state index in [-0.39, 0.29) is 19.2 Å². The summed E-state index contributed by atoms with van der Waals surface area (Å²) in [4.78, 5) is 0. The molecule has 0 aromatic carbocycles. The van der Waals surface area contributed by atoms with E-state index in [1.807, 2.05) is 0 Å². The van der Waals surface area contributed by atoms with Gasteiger partial charge in [0.15, 0.2) is 0 Å². The molecule has 1 heterocycles. The summed E-state index contributed by atoms with van der Waals surface area (Å²) in [5.74, 6) is 0.455. The molecular weight excluding hydrogens is 162 g/mol. The topological polar surface area (TPSA) is 91.4 Å². The number of nitrogens with one attached hydrogen (secondary N) is 1. The van der Waals surface area contributed by atoms with Crippen molar-refractivity contribution >= 4 is 6.01 Å². The van der Waals surface area contributed by atoms with Crippen molar-refractivity contribution in [2.24, 2.45) is 0 Å². The number of aromatic nitrogens is 2. The van der Waals surface area contributed by atoms with Crippen molar-refractivity contribution in [3.05, 3.63) is 5.89 Å². The van der Waals surface area contributed by atoms with Crippen LogP contribution in [0.25, 0.3) is 0 Å². The Hall–Kier alpha value is -1.14. The van der Waals surface area contributed by atoms with Gasteiger partial charge in [-0.15, -0.1) is 5.10 Å². The van der Waals surface area contributed by atoms with Crippen LogP contribution in [0, 0.1) is 6.92 Å². The summed E-state index contributed by atoms with van der Waals surface area (Å²) < 4.78 is 4.95. The van der Waals surface area contributed by atoms with Crippen LogP contribution in [0.3, 0.4) is 0 Å². The molecule has 1 unspecified atom stereocenters. The first-order valence-electron chi connectivity index (χ1n) is 3.55. The highest BCUT2D eigenvalue weighted by atomic mass is 16.4. The second kappa shape index (κ2) is 4.03. The van der Waals surface area contributed by atoms with Gasteiger partial charge in [-0.3, -0.25) is 0 Å². The lowest BCUT2D eigenvalue weighted by Crippen LogP contribution is -2.23. The van der Waals surface area contributed by atoms with Crippen LogP contribution >= 0.6 is 0 Å². The summed E-state index contributed by atoms with van der Waals surface area (Å²) in [6.45, 7) is 1.57. The molecule has 0 aliphatic rings. The molecule has 6 nitrogen and oxygen atoms in total. The van der Waals surface area contributed by atoms with Crippen LogP contribution in [0.1, 0.15) is 5.89 Å². The Morgan fingerprint density at radius 2 is 2.33 bits per heavy atom. The van der Waals surface area contributed by atoms with E-state index in [0.29, 0.717) is 5.89 Å². The Labute approximate surface area is 69.2 Å². The van der Waals surface area contributed by atoms with Gasteiger partial charge in [-0.1, -0.05) is 5.10 Å². The third kappa shape index (κ3) is 2.48. The second-order valence-corrected chi connectivity index (χ2v) is 2.34. The minimum atomic E-state index is -0.808. The van der Waals surface area contributed by atoms with Crippen molar-refractivity contribution in [3.8, 4) is 0 Å². The minimum absolute atomic E-state index is 0.193. The lowest BCUT2D eigenvalue weighted by Gasteiger charge is -2.05. The Kier molecular flexibility index (Phi) is 3.01. The normalized spacial score (nSPS) is 12.9. The SMILES string of the molecule is Cc1nnc(NCC(O)CO)o1. The zero-order valence-corrected chi connectivity index (χ0v) is 6.69. The first-order chi connectivity index (χ1) is 5.72. The molecule has 1 rings (SSSR count). The van der Waals surface area contributed by atoms with E-state index in [1.54, 1.807) is 6.92 Å². The Balaban J connectivity index is 2.33. The van der Waals surface area contributed by atoms with Crippen LogP contribution in [-0.4, -0.2) is 39.7 Å². The molecule has 0 saturated heterocycles. The van der Waals surface area contributed by atoms with Gasteiger partial charge in [0.1, 0.15) is 0 Å². The minimum Gasteiger partial charge on any atom is -0.408 e. The largest absolute Gasteiger partial charge is 0.408 e. The molecule has 1 atom stereocenters. The molecule has 0 spiro atoms. The number of nitrogens with zero attached hydrogens (tertiary/aromatic N) is 2. The van der Waals surface area contributed by atoms with Crippen molar-refractivity contribution in [1.29, 1.82) is 0 Å². The Morgan fingerprint density at radius 1 is 1.58 bits per heavy atom. The average Bonchev–Trinajstić information content (AvgIpc) is 2.47. The summed E-state index contributed by atoms with van der Waals surface area (Å²) in [6, 6.07) is 0.250. The highest BCUT2D eigenvalue weighted by Crippen LogP contribution is 2.02. The van der Waals surface area contributed by atoms with E-state index >= 15 is 0 Å². The maximum Gasteiger partial charge on any atom is 0.315 e. The van der Waals surface area contributed by atoms with E-state index in [4.69, 9.17) is 14.6 Å². The molecule has 3 N–H and O–H groups in total. The molecule has 0 saturated carbocycles. The predicted octanol–water partition coefficient (Wildman–Crippen LogP) is -0.857. The summed E-state index contributed by atoms with van der Waals surface area (Å²) in [6.07, 6.45) is -0.808. The third-order valence-electron chi connectivity index (χ3n) is 1.23. The lowest BCUT2D eigenvalue weighted by atomic mass is 10.4. The standard InChI is InChI=1S/C6H11N3O3/c1-4-8-9-6(12-4)7-2-5(11)3-10/h5,10-11H,2-3H2,1H3,(H,7,9). The Bertz CT molecular complexity index is 238. The number of hydrogen-bond acceptors (Lipinski definition) is 6. The fourth-order valence-electron chi connectivity index (χ4n) is 0.638. The van der Waals surface area contributed by atoms with E-state index in [9.17, 15) is 0 Å². The molecule has 1 aromatic rings. The molecule has 0 radical (unpaired) electrons. The monoisotopic (exact) mass is 173 g/mol. The third-order valence-corrected chi connectivity index (χ3v) is 1.23. The molecule has 0 amide bonds. The Morgan fingerprint density at radius 3 is 2.83 bits per heavy atom. The number of aryl methyl sites for hydroxylation is 1. The second-order valence-electron chi connectivity index (χ2n) is 2.34. The van der Waals surface area contributed by atoms with E-state index < -0.39 is 6.10 Å². The molecule has 12 heavy (non-hydrogen) atoms. The van der Waals surface area contributed by atoms with Gasteiger partial charge in [-0.25, -0.2) is 0 Å². The smallest absolute Gasteiger partial charge is 0.315 e. The van der Waals surface area contributed by atoms with Gasteiger partial charge < -0.3 is 19.9 Å². The fraction of sp³-hybridized carbons (Fsp3) is 0.667. The van der Waals surface area contributed by atoms with Gasteiger partial charge in [0.2, 0.25) is 5.89 Å². The summed E-state index contributed by atoms with van der Waals surface area (Å²) >= 11 is 0. The number of rotatable bonds is 4. The zero-order valence-electron chi connectivity index (χ0n) is 6.69. The molecule has 6 heteroatoms. The average molecular weight is 173 g/mol. The molecule has 0 fully saturated rings. The van der Waals surface area contributed by atoms with E-state index in [1.165, 1.54) is 0 Å². The van der Waals surface area contributed by atoms with Crippen molar-refractivity contribution < 1.29 is 14.6 Å². The van der Waals surface area contributed by atoms with Gasteiger partial charge in [-0.2, -0.15) is 0 Å². The number of hydrogen-bond donors (Lipinski definition) is 3. The fourth-order valence-corrected chi connectivity index (χ4v) is 0.638. The van der Waals surface area contributed by atoms with E-state index in [0.717, 1.165) is 0 Å². The van der Waals surface area contributed by atoms with Crippen LogP contribution in [-0.2, 0) is 0 Å². The maximum atomic E-state index is 8.92. The van der Waals surface area contributed by atoms with Crippen molar-refractivity contribution in [2.75, 3.05) is 18.5 Å². The highest BCUT2D eigenvalue weighted by Gasteiger charge is 2.04. The van der Waals surface area contributed by atoms with Crippen LogP contribution in [0.2, 0.25) is 0 Å². The number of anilines is 1. The summed E-state index contributed by atoms with van der Waals surface area (Å²) in [5.41, 5.74) is 0. The molecule has 0 aliphatic heterocycles. The van der Waals surface area contributed by atoms with Crippen LogP contribution in [0.4, 0.5) is 6.01 Å². The number of aliphatic hydroxyl groups excluding tert-OH is 2. The lowest BCUT2D eigenvalue weighted by molar-refractivity contribution is 0.105. The van der Waals surface area contributed by atoms with Crippen LogP contribution in [0.5, 0.6) is 0 Å². The van der Waals surface area contributed by atoms with Gasteiger partial charge >= 0.3 is 6.01 Å². The maximum absolute atomic E-state index is 8.92. The van der Waals surface area contributed by atoms with Gasteiger partial charge in [0.05, 0.1) is 12.7 Å². The number of aliphatic hydroxyl groups is 2. The molecular formula is C6H11N3O3. The predicted molar refractivity (Wildman–Crippen MR) is 40.6 cm³/mol. The van der Waals surface area contributed by atoms with Crippen molar-refractivity contribution in [3.63, 3.8) is 0 Å². The molecule has 68 valence electrons. The van der Waals surface area contributed by atoms with Gasteiger partial charge in [-0.05, 0) is 0 Å². The molecule has 1 aromatic heterocycles. The first kappa shape index (κ1) is 8.95. The summed E-state index contributed by atoms with van der Waals surface area (Å²) in [5, 5.41) is 27.2. The van der Waals surface area contributed by atoms with Crippen molar-refractivity contribution in [2.45, 2.75) is 13.0 Å². The quantitative estimate of drug-likeness (QED) is 0.549. The zero-order chi connectivity index (χ0) is 8.97. The van der Waals surface area contributed by atoms with Gasteiger partial charge in [0, 0.05) is 13.5 Å². The van der Waals surface area contributed by atoms with Gasteiger partial charge in [0.25, 0.3) is 0 Å². The molecule has 0 aliphatic carbocycles. The van der Waals surface area contributed by atoms with Crippen LogP contribution < -0.4 is 5.32 Å². The first-order valence-corrected chi connectivity index (χ1v) is 3.55. The summed E-state index contributed by atoms with van der Waals surface area (Å²) in [7, 11) is 0. The van der Waals surface area contributed by atoms with E-state index in [2.05, 4.69) is 15.5 Å².